The Labute approximate surface area is 119 Å². The summed E-state index contributed by atoms with van der Waals surface area (Å²) >= 11 is 0. The van der Waals surface area contributed by atoms with Crippen molar-refractivity contribution in [2.75, 3.05) is 5.73 Å². The second kappa shape index (κ2) is 4.84. The van der Waals surface area contributed by atoms with Crippen LogP contribution in [-0.2, 0) is 12.7 Å². The molecule has 0 radical (unpaired) electrons. The van der Waals surface area contributed by atoms with Crippen molar-refractivity contribution in [1.29, 1.82) is 0 Å². The van der Waals surface area contributed by atoms with Crippen LogP contribution in [-0.4, -0.2) is 4.57 Å². The first-order chi connectivity index (χ1) is 9.93. The number of anilines is 1. The average Bonchev–Trinajstić information content (AvgIpc) is 2.81. The molecule has 3 rings (SSSR count). The van der Waals surface area contributed by atoms with Crippen molar-refractivity contribution in [1.82, 2.24) is 4.57 Å². The summed E-state index contributed by atoms with van der Waals surface area (Å²) in [5.74, 6) is 0. The number of nitrogen functional groups attached to an aromatic ring is 1. The van der Waals surface area contributed by atoms with Crippen LogP contribution in [0.3, 0.4) is 0 Å². The van der Waals surface area contributed by atoms with E-state index in [-0.39, 0.29) is 0 Å². The van der Waals surface area contributed by atoms with Gasteiger partial charge in [0.05, 0.1) is 11.1 Å². The van der Waals surface area contributed by atoms with Crippen LogP contribution in [0.15, 0.2) is 54.7 Å². The highest BCUT2D eigenvalue weighted by atomic mass is 19.4. The van der Waals surface area contributed by atoms with Crippen LogP contribution >= 0.6 is 0 Å². The molecular formula is C16H13F3N2. The van der Waals surface area contributed by atoms with Crippen molar-refractivity contribution in [3.8, 4) is 0 Å². The predicted octanol–water partition coefficient (Wildman–Crippen LogP) is 4.29. The zero-order valence-electron chi connectivity index (χ0n) is 11.1. The quantitative estimate of drug-likeness (QED) is 0.701. The van der Waals surface area contributed by atoms with E-state index in [1.54, 1.807) is 12.1 Å². The maximum atomic E-state index is 12.7. The molecule has 0 spiro atoms. The van der Waals surface area contributed by atoms with Crippen molar-refractivity contribution in [3.63, 3.8) is 0 Å². The lowest BCUT2D eigenvalue weighted by Gasteiger charge is -2.10. The highest BCUT2D eigenvalue weighted by Crippen LogP contribution is 2.30. The number of hydrogen-bond donors (Lipinski definition) is 1. The summed E-state index contributed by atoms with van der Waals surface area (Å²) in [6.45, 7) is 0.372. The van der Waals surface area contributed by atoms with Crippen LogP contribution in [0.5, 0.6) is 0 Å². The second-order valence-corrected chi connectivity index (χ2v) is 4.96. The molecule has 0 bridgehead atoms. The van der Waals surface area contributed by atoms with E-state index < -0.39 is 11.7 Å². The zero-order valence-corrected chi connectivity index (χ0v) is 11.1. The van der Waals surface area contributed by atoms with Gasteiger partial charge in [-0.15, -0.1) is 0 Å². The fraction of sp³-hybridized carbons (Fsp3) is 0.125. The minimum Gasteiger partial charge on any atom is -0.399 e. The van der Waals surface area contributed by atoms with Crippen molar-refractivity contribution in [3.05, 3.63) is 65.9 Å². The third-order valence-corrected chi connectivity index (χ3v) is 3.41. The molecule has 2 nitrogen and oxygen atoms in total. The molecule has 2 N–H and O–H groups in total. The molecule has 0 fully saturated rings. The highest BCUT2D eigenvalue weighted by molar-refractivity contribution is 5.83. The van der Waals surface area contributed by atoms with Crippen molar-refractivity contribution in [2.45, 2.75) is 12.7 Å². The van der Waals surface area contributed by atoms with Crippen LogP contribution in [0, 0.1) is 0 Å². The summed E-state index contributed by atoms with van der Waals surface area (Å²) < 4.78 is 40.1. The Morgan fingerprint density at radius 2 is 1.81 bits per heavy atom. The van der Waals surface area contributed by atoms with E-state index in [4.69, 9.17) is 5.73 Å². The van der Waals surface area contributed by atoms with Gasteiger partial charge in [0.15, 0.2) is 0 Å². The Morgan fingerprint density at radius 1 is 1.00 bits per heavy atom. The van der Waals surface area contributed by atoms with Crippen molar-refractivity contribution < 1.29 is 13.2 Å². The number of benzene rings is 2. The molecule has 1 aromatic heterocycles. The predicted molar refractivity (Wildman–Crippen MR) is 76.9 cm³/mol. The Hall–Kier alpha value is -2.43. The topological polar surface area (TPSA) is 30.9 Å². The Kier molecular flexibility index (Phi) is 3.12. The van der Waals surface area contributed by atoms with Gasteiger partial charge in [-0.05, 0) is 41.3 Å². The van der Waals surface area contributed by atoms with Crippen LogP contribution in [0.25, 0.3) is 10.9 Å². The van der Waals surface area contributed by atoms with Crippen LogP contribution < -0.4 is 5.73 Å². The Morgan fingerprint density at radius 3 is 2.57 bits per heavy atom. The van der Waals surface area contributed by atoms with Gasteiger partial charge in [0.2, 0.25) is 0 Å². The number of fused-ring (bicyclic) bond motifs is 1. The van der Waals surface area contributed by atoms with E-state index in [9.17, 15) is 13.2 Å². The standard InChI is InChI=1S/C16H13F3N2/c17-16(18,19)13-3-1-2-11(8-13)10-21-7-6-12-4-5-14(20)9-15(12)21/h1-9H,10,20H2. The van der Waals surface area contributed by atoms with Gasteiger partial charge >= 0.3 is 6.18 Å². The molecule has 0 aliphatic rings. The van der Waals surface area contributed by atoms with Gasteiger partial charge in [0, 0.05) is 18.4 Å². The number of nitrogens with two attached hydrogens (primary N) is 1. The molecule has 0 unspecified atom stereocenters. The van der Waals surface area contributed by atoms with E-state index >= 15 is 0 Å². The van der Waals surface area contributed by atoms with Crippen LogP contribution in [0.4, 0.5) is 18.9 Å². The first kappa shape index (κ1) is 13.5. The lowest BCUT2D eigenvalue weighted by Crippen LogP contribution is -2.06. The molecule has 3 aromatic rings. The molecule has 0 saturated heterocycles. The van der Waals surface area contributed by atoms with Crippen molar-refractivity contribution in [2.24, 2.45) is 0 Å². The summed E-state index contributed by atoms with van der Waals surface area (Å²) in [7, 11) is 0. The number of nitrogens with zero attached hydrogens (tertiary/aromatic N) is 1. The molecule has 0 aliphatic heterocycles. The molecule has 21 heavy (non-hydrogen) atoms. The van der Waals surface area contributed by atoms with E-state index in [0.29, 0.717) is 17.8 Å². The van der Waals surface area contributed by atoms with E-state index in [2.05, 4.69) is 0 Å². The SMILES string of the molecule is Nc1ccc2ccn(Cc3cccc(C(F)(F)F)c3)c2c1. The van der Waals surface area contributed by atoms with Crippen LogP contribution in [0.1, 0.15) is 11.1 Å². The van der Waals surface area contributed by atoms with E-state index in [1.165, 1.54) is 12.1 Å². The fourth-order valence-corrected chi connectivity index (χ4v) is 2.38. The third kappa shape index (κ3) is 2.72. The first-order valence-electron chi connectivity index (χ1n) is 6.44. The molecule has 1 heterocycles. The number of hydrogen-bond acceptors (Lipinski definition) is 1. The minimum absolute atomic E-state index is 0.372. The molecule has 0 atom stereocenters. The summed E-state index contributed by atoms with van der Waals surface area (Å²) in [6, 6.07) is 12.8. The lowest BCUT2D eigenvalue weighted by atomic mass is 10.1. The summed E-state index contributed by atoms with van der Waals surface area (Å²) in [5.41, 5.74) is 7.28. The average molecular weight is 290 g/mol. The molecule has 0 saturated carbocycles. The minimum atomic E-state index is -4.32. The molecule has 108 valence electrons. The fourth-order valence-electron chi connectivity index (χ4n) is 2.38. The van der Waals surface area contributed by atoms with Gasteiger partial charge in [-0.1, -0.05) is 18.2 Å². The van der Waals surface area contributed by atoms with Crippen LogP contribution in [0.2, 0.25) is 0 Å². The van der Waals surface area contributed by atoms with E-state index in [0.717, 1.165) is 17.0 Å². The second-order valence-electron chi connectivity index (χ2n) is 4.96. The van der Waals surface area contributed by atoms with Gasteiger partial charge in [0.25, 0.3) is 0 Å². The maximum absolute atomic E-state index is 12.7. The summed E-state index contributed by atoms with van der Waals surface area (Å²) in [5, 5.41) is 1.01. The normalized spacial score (nSPS) is 12.0. The number of halogens is 3. The number of aromatic nitrogens is 1. The largest absolute Gasteiger partial charge is 0.416 e. The van der Waals surface area contributed by atoms with Gasteiger partial charge in [-0.3, -0.25) is 0 Å². The first-order valence-corrected chi connectivity index (χ1v) is 6.44. The summed E-state index contributed by atoms with van der Waals surface area (Å²) in [4.78, 5) is 0. The molecule has 0 amide bonds. The molecule has 5 heteroatoms. The lowest BCUT2D eigenvalue weighted by molar-refractivity contribution is -0.137. The number of alkyl halides is 3. The number of rotatable bonds is 2. The van der Waals surface area contributed by atoms with Crippen molar-refractivity contribution >= 4 is 16.6 Å². The molecular weight excluding hydrogens is 277 g/mol. The Bertz CT molecular complexity index is 788. The molecule has 2 aromatic carbocycles. The Balaban J connectivity index is 1.97. The van der Waals surface area contributed by atoms with E-state index in [1.807, 2.05) is 29.0 Å². The van der Waals surface area contributed by atoms with Gasteiger partial charge in [-0.2, -0.15) is 13.2 Å². The monoisotopic (exact) mass is 290 g/mol. The molecule has 0 aliphatic carbocycles. The van der Waals surface area contributed by atoms with Gasteiger partial charge in [0.1, 0.15) is 0 Å². The third-order valence-electron chi connectivity index (χ3n) is 3.41. The van der Waals surface area contributed by atoms with Gasteiger partial charge < -0.3 is 10.3 Å². The maximum Gasteiger partial charge on any atom is 0.416 e. The zero-order chi connectivity index (χ0) is 15.0. The van der Waals surface area contributed by atoms with Gasteiger partial charge in [-0.25, -0.2) is 0 Å². The smallest absolute Gasteiger partial charge is 0.399 e. The highest BCUT2D eigenvalue weighted by Gasteiger charge is 2.30. The summed E-state index contributed by atoms with van der Waals surface area (Å²) in [6.07, 6.45) is -2.47.